The van der Waals surface area contributed by atoms with Crippen molar-refractivity contribution in [3.63, 3.8) is 0 Å². The maximum atomic E-state index is 6.36. The Morgan fingerprint density at radius 2 is 1.75 bits per heavy atom. The average molecular weight is 329 g/mol. The highest BCUT2D eigenvalue weighted by molar-refractivity contribution is 5.17. The van der Waals surface area contributed by atoms with Crippen molar-refractivity contribution in [2.24, 2.45) is 11.8 Å². The molecule has 0 spiro atoms. The summed E-state index contributed by atoms with van der Waals surface area (Å²) in [5.41, 5.74) is 1.45. The van der Waals surface area contributed by atoms with Crippen LogP contribution in [0.15, 0.2) is 30.3 Å². The highest BCUT2D eigenvalue weighted by Crippen LogP contribution is 2.32. The molecule has 0 radical (unpaired) electrons. The molecule has 0 unspecified atom stereocenters. The smallest absolute Gasteiger partial charge is 0.0745 e. The van der Waals surface area contributed by atoms with E-state index >= 15 is 0 Å². The van der Waals surface area contributed by atoms with Crippen LogP contribution in [-0.4, -0.2) is 50.0 Å². The molecule has 3 heteroatoms. The first kappa shape index (κ1) is 16.6. The first-order chi connectivity index (χ1) is 11.9. The molecule has 3 nitrogen and oxygen atoms in total. The molecule has 1 aliphatic carbocycles. The Morgan fingerprint density at radius 1 is 0.958 bits per heavy atom. The minimum Gasteiger partial charge on any atom is -0.381 e. The monoisotopic (exact) mass is 329 g/mol. The van der Waals surface area contributed by atoms with E-state index < -0.39 is 0 Å². The van der Waals surface area contributed by atoms with Crippen molar-refractivity contribution in [2.75, 3.05) is 32.9 Å². The van der Waals surface area contributed by atoms with Gasteiger partial charge in [-0.2, -0.15) is 0 Å². The molecule has 2 heterocycles. The van der Waals surface area contributed by atoms with E-state index in [-0.39, 0.29) is 0 Å². The van der Waals surface area contributed by atoms with Crippen LogP contribution in [0, 0.1) is 11.8 Å². The Hall–Kier alpha value is -0.900. The Labute approximate surface area is 146 Å². The normalized spacial score (nSPS) is 29.2. The van der Waals surface area contributed by atoms with Crippen molar-refractivity contribution in [3.05, 3.63) is 35.9 Å². The van der Waals surface area contributed by atoms with Crippen LogP contribution in [0.4, 0.5) is 0 Å². The predicted octanol–water partition coefficient (Wildman–Crippen LogP) is 3.53. The highest BCUT2D eigenvalue weighted by Gasteiger charge is 2.37. The fraction of sp³-hybridized carbons (Fsp3) is 0.714. The molecule has 1 aromatic carbocycles. The van der Waals surface area contributed by atoms with Gasteiger partial charge in [0.2, 0.25) is 0 Å². The van der Waals surface area contributed by atoms with Gasteiger partial charge in [-0.15, -0.1) is 0 Å². The third kappa shape index (κ3) is 4.38. The zero-order valence-corrected chi connectivity index (χ0v) is 14.7. The largest absolute Gasteiger partial charge is 0.381 e. The number of ether oxygens (including phenoxy) is 2. The molecule has 0 aromatic heterocycles. The van der Waals surface area contributed by atoms with E-state index in [0.717, 1.165) is 38.1 Å². The molecule has 1 saturated carbocycles. The summed E-state index contributed by atoms with van der Waals surface area (Å²) < 4.78 is 11.9. The summed E-state index contributed by atoms with van der Waals surface area (Å²) in [6, 6.07) is 11.5. The molecule has 2 saturated heterocycles. The van der Waals surface area contributed by atoms with Crippen molar-refractivity contribution in [2.45, 2.75) is 50.7 Å². The Balaban J connectivity index is 1.40. The number of likely N-dealkylation sites (tertiary alicyclic amines) is 1. The van der Waals surface area contributed by atoms with Crippen LogP contribution < -0.4 is 0 Å². The first-order valence-corrected chi connectivity index (χ1v) is 9.86. The minimum absolute atomic E-state index is 0.422. The van der Waals surface area contributed by atoms with Crippen LogP contribution in [0.25, 0.3) is 0 Å². The third-order valence-corrected chi connectivity index (χ3v) is 5.96. The van der Waals surface area contributed by atoms with E-state index in [2.05, 4.69) is 35.2 Å². The molecule has 1 aromatic rings. The predicted molar refractivity (Wildman–Crippen MR) is 96.1 cm³/mol. The number of rotatable bonds is 7. The molecule has 4 rings (SSSR count). The molecule has 0 bridgehead atoms. The van der Waals surface area contributed by atoms with Crippen molar-refractivity contribution >= 4 is 0 Å². The maximum Gasteiger partial charge on any atom is 0.0745 e. The van der Waals surface area contributed by atoms with Crippen LogP contribution in [0.3, 0.4) is 0 Å². The second-order valence-corrected chi connectivity index (χ2v) is 7.91. The van der Waals surface area contributed by atoms with Gasteiger partial charge < -0.3 is 9.47 Å². The topological polar surface area (TPSA) is 21.7 Å². The molecule has 0 amide bonds. The lowest BCUT2D eigenvalue weighted by Crippen LogP contribution is -2.41. The molecular weight excluding hydrogens is 298 g/mol. The van der Waals surface area contributed by atoms with Crippen molar-refractivity contribution in [1.29, 1.82) is 0 Å². The quantitative estimate of drug-likeness (QED) is 0.764. The van der Waals surface area contributed by atoms with Crippen LogP contribution in [-0.2, 0) is 15.9 Å². The average Bonchev–Trinajstić information content (AvgIpc) is 3.39. The Morgan fingerprint density at radius 3 is 2.50 bits per heavy atom. The van der Waals surface area contributed by atoms with Gasteiger partial charge >= 0.3 is 0 Å². The van der Waals surface area contributed by atoms with Gasteiger partial charge in [0, 0.05) is 39.0 Å². The van der Waals surface area contributed by atoms with Gasteiger partial charge in [0.1, 0.15) is 0 Å². The van der Waals surface area contributed by atoms with Gasteiger partial charge in [-0.05, 0) is 55.9 Å². The van der Waals surface area contributed by atoms with Crippen molar-refractivity contribution in [3.8, 4) is 0 Å². The zero-order valence-electron chi connectivity index (χ0n) is 14.7. The summed E-state index contributed by atoms with van der Waals surface area (Å²) in [6.07, 6.45) is 7.95. The minimum atomic E-state index is 0.422. The summed E-state index contributed by atoms with van der Waals surface area (Å²) in [7, 11) is 0. The van der Waals surface area contributed by atoms with Gasteiger partial charge in [0.15, 0.2) is 0 Å². The van der Waals surface area contributed by atoms with Gasteiger partial charge in [0.25, 0.3) is 0 Å². The second kappa shape index (κ2) is 7.99. The van der Waals surface area contributed by atoms with Gasteiger partial charge in [0.05, 0.1) is 6.10 Å². The summed E-state index contributed by atoms with van der Waals surface area (Å²) in [5.74, 6) is 1.66. The van der Waals surface area contributed by atoms with E-state index in [4.69, 9.17) is 9.47 Å². The molecule has 24 heavy (non-hydrogen) atoms. The molecule has 0 N–H and O–H groups in total. The van der Waals surface area contributed by atoms with E-state index in [1.165, 1.54) is 50.8 Å². The van der Waals surface area contributed by atoms with E-state index in [1.54, 1.807) is 0 Å². The maximum absolute atomic E-state index is 6.36. The number of benzene rings is 1. The lowest BCUT2D eigenvalue weighted by molar-refractivity contribution is 0.0106. The van der Waals surface area contributed by atoms with Crippen LogP contribution >= 0.6 is 0 Å². The standard InChI is InChI=1S/C21H31NO2/c1-2-4-17(5-3-1)14-20-21(24-16-19-6-7-19)8-11-22(20)15-18-9-12-23-13-10-18/h1-5,18-21H,6-16H2/t20-,21+/m0/s1. The molecule has 132 valence electrons. The molecule has 3 aliphatic rings. The highest BCUT2D eigenvalue weighted by atomic mass is 16.5. The van der Waals surface area contributed by atoms with Gasteiger partial charge in [-0.1, -0.05) is 30.3 Å². The van der Waals surface area contributed by atoms with Crippen molar-refractivity contribution < 1.29 is 9.47 Å². The van der Waals surface area contributed by atoms with Crippen LogP contribution in [0.5, 0.6) is 0 Å². The molecule has 3 fully saturated rings. The summed E-state index contributed by atoms with van der Waals surface area (Å²) in [4.78, 5) is 2.72. The summed E-state index contributed by atoms with van der Waals surface area (Å²) in [5, 5.41) is 0. The Bertz CT molecular complexity index is 496. The van der Waals surface area contributed by atoms with Crippen LogP contribution in [0.1, 0.15) is 37.7 Å². The third-order valence-electron chi connectivity index (χ3n) is 5.96. The van der Waals surface area contributed by atoms with E-state index in [0.29, 0.717) is 12.1 Å². The van der Waals surface area contributed by atoms with Gasteiger partial charge in [-0.3, -0.25) is 4.90 Å². The lowest BCUT2D eigenvalue weighted by Gasteiger charge is -2.33. The summed E-state index contributed by atoms with van der Waals surface area (Å²) >= 11 is 0. The second-order valence-electron chi connectivity index (χ2n) is 7.91. The summed E-state index contributed by atoms with van der Waals surface area (Å²) in [6.45, 7) is 5.31. The Kier molecular flexibility index (Phi) is 5.51. The van der Waals surface area contributed by atoms with E-state index in [9.17, 15) is 0 Å². The zero-order chi connectivity index (χ0) is 16.2. The lowest BCUT2D eigenvalue weighted by atomic mass is 9.97. The fourth-order valence-electron chi connectivity index (χ4n) is 4.23. The number of hydrogen-bond acceptors (Lipinski definition) is 3. The van der Waals surface area contributed by atoms with Gasteiger partial charge in [-0.25, -0.2) is 0 Å². The number of nitrogens with zero attached hydrogens (tertiary/aromatic N) is 1. The van der Waals surface area contributed by atoms with E-state index in [1.807, 2.05) is 0 Å². The van der Waals surface area contributed by atoms with Crippen LogP contribution in [0.2, 0.25) is 0 Å². The number of hydrogen-bond donors (Lipinski definition) is 0. The molecular formula is C21H31NO2. The molecule has 2 aliphatic heterocycles. The first-order valence-electron chi connectivity index (χ1n) is 9.86. The fourth-order valence-corrected chi connectivity index (χ4v) is 4.23. The molecule has 2 atom stereocenters. The SMILES string of the molecule is c1ccc(C[C@H]2[C@H](OCC3CC3)CCN2CC2CCOCC2)cc1. The van der Waals surface area contributed by atoms with Crippen molar-refractivity contribution in [1.82, 2.24) is 4.90 Å².